The van der Waals surface area contributed by atoms with E-state index in [1.54, 1.807) is 4.90 Å². The highest BCUT2D eigenvalue weighted by atomic mass is 19.1. The zero-order valence-corrected chi connectivity index (χ0v) is 12.1. The fourth-order valence-electron chi connectivity index (χ4n) is 2.43. The number of aliphatic hydroxyl groups is 1. The molecule has 5 nitrogen and oxygen atoms in total. The summed E-state index contributed by atoms with van der Waals surface area (Å²) in [6, 6.07) is 4.77. The third-order valence-electron chi connectivity index (χ3n) is 3.34. The van der Waals surface area contributed by atoms with E-state index in [0.29, 0.717) is 30.4 Å². The lowest BCUT2D eigenvalue weighted by Crippen LogP contribution is -2.29. The van der Waals surface area contributed by atoms with Crippen LogP contribution in [0.1, 0.15) is 31.9 Å². The van der Waals surface area contributed by atoms with E-state index in [0.717, 1.165) is 0 Å². The van der Waals surface area contributed by atoms with Crippen LogP contribution in [0.25, 0.3) is 0 Å². The van der Waals surface area contributed by atoms with Crippen molar-refractivity contribution in [3.05, 3.63) is 23.5 Å². The lowest BCUT2D eigenvalue weighted by Gasteiger charge is -2.26. The number of fused-ring (bicyclic) bond motifs is 1. The van der Waals surface area contributed by atoms with Crippen LogP contribution < -0.4 is 10.2 Å². The Labute approximate surface area is 123 Å². The van der Waals surface area contributed by atoms with E-state index in [4.69, 9.17) is 5.26 Å². The van der Waals surface area contributed by atoms with Crippen LogP contribution in [0.5, 0.6) is 0 Å². The highest BCUT2D eigenvalue weighted by Gasteiger charge is 2.30. The van der Waals surface area contributed by atoms with E-state index in [1.165, 1.54) is 12.1 Å². The summed E-state index contributed by atoms with van der Waals surface area (Å²) < 4.78 is 14.3. The zero-order chi connectivity index (χ0) is 15.6. The molecule has 0 spiro atoms. The van der Waals surface area contributed by atoms with E-state index in [-0.39, 0.29) is 12.0 Å². The average Bonchev–Trinajstić information content (AvgIpc) is 2.69. The number of aliphatic hydroxyl groups excluding tert-OH is 1. The van der Waals surface area contributed by atoms with Crippen molar-refractivity contribution >= 4 is 17.3 Å². The predicted octanol–water partition coefficient (Wildman–Crippen LogP) is 2.19. The minimum atomic E-state index is -1.32. The summed E-state index contributed by atoms with van der Waals surface area (Å²) in [5.74, 6) is -0.742. The summed E-state index contributed by atoms with van der Waals surface area (Å²) in [6.07, 6.45) is -1.03. The van der Waals surface area contributed by atoms with Gasteiger partial charge in [-0.2, -0.15) is 5.26 Å². The van der Waals surface area contributed by atoms with Crippen molar-refractivity contribution in [1.82, 2.24) is 0 Å². The largest absolute Gasteiger partial charge is 0.378 e. The second-order valence-corrected chi connectivity index (χ2v) is 5.53. The Morgan fingerprint density at radius 1 is 1.52 bits per heavy atom. The third-order valence-corrected chi connectivity index (χ3v) is 3.34. The highest BCUT2D eigenvalue weighted by Crippen LogP contribution is 2.36. The van der Waals surface area contributed by atoms with Crippen LogP contribution in [-0.4, -0.2) is 24.1 Å². The van der Waals surface area contributed by atoms with Crippen LogP contribution in [-0.2, 0) is 4.79 Å². The molecule has 1 amide bonds. The summed E-state index contributed by atoms with van der Waals surface area (Å²) in [7, 11) is 0. The first kappa shape index (κ1) is 15.3. The molecule has 0 saturated heterocycles. The van der Waals surface area contributed by atoms with Gasteiger partial charge in [0.15, 0.2) is 6.10 Å². The average molecular weight is 291 g/mol. The molecule has 1 aliphatic heterocycles. The van der Waals surface area contributed by atoms with Gasteiger partial charge < -0.3 is 15.3 Å². The highest BCUT2D eigenvalue weighted by molar-refractivity contribution is 6.02. The monoisotopic (exact) mass is 291 g/mol. The number of benzene rings is 1. The van der Waals surface area contributed by atoms with Crippen molar-refractivity contribution in [3.63, 3.8) is 0 Å². The van der Waals surface area contributed by atoms with Gasteiger partial charge >= 0.3 is 0 Å². The summed E-state index contributed by atoms with van der Waals surface area (Å²) in [5.41, 5.74) is 1.02. The van der Waals surface area contributed by atoms with Crippen molar-refractivity contribution < 1.29 is 14.3 Å². The number of nitrogens with one attached hydrogen (secondary N) is 1. The van der Waals surface area contributed by atoms with Gasteiger partial charge in [-0.3, -0.25) is 4.79 Å². The van der Waals surface area contributed by atoms with Gasteiger partial charge in [0.1, 0.15) is 5.82 Å². The number of amides is 1. The first-order valence-corrected chi connectivity index (χ1v) is 6.88. The van der Waals surface area contributed by atoms with E-state index < -0.39 is 17.8 Å². The van der Waals surface area contributed by atoms with Crippen LogP contribution in [0.4, 0.5) is 15.8 Å². The molecule has 2 N–H and O–H groups in total. The van der Waals surface area contributed by atoms with E-state index in [1.807, 2.05) is 13.8 Å². The molecule has 1 heterocycles. The third kappa shape index (κ3) is 3.14. The molecule has 112 valence electrons. The van der Waals surface area contributed by atoms with E-state index in [9.17, 15) is 14.3 Å². The molecular weight excluding hydrogens is 273 g/mol. The lowest BCUT2D eigenvalue weighted by molar-refractivity contribution is -0.123. The molecule has 6 heteroatoms. The molecule has 1 atom stereocenters. The fraction of sp³-hybridized carbons (Fsp3) is 0.467. The zero-order valence-electron chi connectivity index (χ0n) is 12.1. The molecular formula is C15H18FN3O2. The quantitative estimate of drug-likeness (QED) is 0.872. The number of carbonyl (C=O) groups excluding carboxylic acids is 1. The molecule has 0 aliphatic carbocycles. The van der Waals surface area contributed by atoms with Crippen LogP contribution in [0, 0.1) is 23.1 Å². The van der Waals surface area contributed by atoms with Crippen LogP contribution in [0.15, 0.2) is 12.1 Å². The Balaban J connectivity index is 2.36. The van der Waals surface area contributed by atoms with Crippen LogP contribution in [0.3, 0.4) is 0 Å². The molecule has 0 bridgehead atoms. The molecule has 0 radical (unpaired) electrons. The summed E-state index contributed by atoms with van der Waals surface area (Å²) in [6.45, 7) is 5.04. The van der Waals surface area contributed by atoms with Gasteiger partial charge in [0.05, 0.1) is 18.2 Å². The first-order valence-electron chi connectivity index (χ1n) is 6.88. The van der Waals surface area contributed by atoms with Gasteiger partial charge in [-0.25, -0.2) is 4.39 Å². The van der Waals surface area contributed by atoms with Crippen molar-refractivity contribution in [2.75, 3.05) is 23.3 Å². The van der Waals surface area contributed by atoms with Crippen LogP contribution in [0.2, 0.25) is 0 Å². The summed E-state index contributed by atoms with van der Waals surface area (Å²) in [4.78, 5) is 13.2. The first-order chi connectivity index (χ1) is 9.93. The van der Waals surface area contributed by atoms with Crippen molar-refractivity contribution in [3.8, 4) is 6.07 Å². The number of anilines is 2. The second kappa shape index (κ2) is 6.10. The number of carbonyl (C=O) groups is 1. The molecule has 1 aliphatic rings. The maximum absolute atomic E-state index is 14.3. The summed E-state index contributed by atoms with van der Waals surface area (Å²) >= 11 is 0. The molecule has 0 saturated carbocycles. The topological polar surface area (TPSA) is 76.4 Å². The number of rotatable bonds is 5. The standard InChI is InChI=1S/C15H18FN3O2/c1-9(2)8-19(5-3-4-17)13-7-12-10(6-11(13)16)14(20)15(21)18-12/h6-7,9,14,20H,3,5,8H2,1-2H3,(H,18,21). The Morgan fingerprint density at radius 3 is 2.86 bits per heavy atom. The van der Waals surface area contributed by atoms with Gasteiger partial charge in [0.2, 0.25) is 0 Å². The maximum atomic E-state index is 14.3. The molecule has 1 unspecified atom stereocenters. The van der Waals surface area contributed by atoms with Crippen LogP contribution >= 0.6 is 0 Å². The van der Waals surface area contributed by atoms with Gasteiger partial charge in [-0.05, 0) is 18.1 Å². The normalized spacial score (nSPS) is 16.6. The van der Waals surface area contributed by atoms with Crippen molar-refractivity contribution in [2.24, 2.45) is 5.92 Å². The minimum Gasteiger partial charge on any atom is -0.378 e. The molecule has 1 aromatic carbocycles. The Bertz CT molecular complexity index is 595. The van der Waals surface area contributed by atoms with Gasteiger partial charge in [-0.1, -0.05) is 13.8 Å². The molecule has 2 rings (SSSR count). The van der Waals surface area contributed by atoms with Gasteiger partial charge in [0.25, 0.3) is 5.91 Å². The number of nitrogens with zero attached hydrogens (tertiary/aromatic N) is 2. The number of halogens is 1. The Morgan fingerprint density at radius 2 is 2.24 bits per heavy atom. The van der Waals surface area contributed by atoms with Crippen molar-refractivity contribution in [1.29, 1.82) is 5.26 Å². The Hall–Kier alpha value is -2.13. The summed E-state index contributed by atoms with van der Waals surface area (Å²) in [5, 5.41) is 20.9. The van der Waals surface area contributed by atoms with Gasteiger partial charge in [0, 0.05) is 24.3 Å². The lowest BCUT2D eigenvalue weighted by atomic mass is 10.1. The fourth-order valence-corrected chi connectivity index (χ4v) is 2.43. The second-order valence-electron chi connectivity index (χ2n) is 5.53. The van der Waals surface area contributed by atoms with E-state index in [2.05, 4.69) is 11.4 Å². The molecule has 0 fully saturated rings. The number of hydrogen-bond donors (Lipinski definition) is 2. The maximum Gasteiger partial charge on any atom is 0.257 e. The van der Waals surface area contributed by atoms with E-state index >= 15 is 0 Å². The van der Waals surface area contributed by atoms with Crippen molar-refractivity contribution in [2.45, 2.75) is 26.4 Å². The molecule has 0 aromatic heterocycles. The molecule has 1 aromatic rings. The van der Waals surface area contributed by atoms with Gasteiger partial charge in [-0.15, -0.1) is 0 Å². The SMILES string of the molecule is CC(C)CN(CCC#N)c1cc2c(cc1F)C(O)C(=O)N2. The predicted molar refractivity (Wildman–Crippen MR) is 77.3 cm³/mol. The number of hydrogen-bond acceptors (Lipinski definition) is 4. The molecule has 21 heavy (non-hydrogen) atoms. The minimum absolute atomic E-state index is 0.256. The smallest absolute Gasteiger partial charge is 0.257 e. The Kier molecular flexibility index (Phi) is 4.43. The number of nitriles is 1.